The molecule has 0 aliphatic rings. The van der Waals surface area contributed by atoms with Crippen molar-refractivity contribution in [2.45, 2.75) is 12.5 Å². The molecule has 1 amide bonds. The monoisotopic (exact) mass is 370 g/mol. The Morgan fingerprint density at radius 2 is 1.81 bits per heavy atom. The van der Waals surface area contributed by atoms with Crippen molar-refractivity contribution in [1.29, 1.82) is 0 Å². The van der Waals surface area contributed by atoms with Gasteiger partial charge in [0.2, 0.25) is 0 Å². The summed E-state index contributed by atoms with van der Waals surface area (Å²) in [5, 5.41) is 13.9. The first-order valence-corrected chi connectivity index (χ1v) is 8.70. The van der Waals surface area contributed by atoms with E-state index in [1.54, 1.807) is 11.4 Å². The van der Waals surface area contributed by atoms with Crippen LogP contribution in [0.5, 0.6) is 0 Å². The highest BCUT2D eigenvalue weighted by Crippen LogP contribution is 2.25. The summed E-state index contributed by atoms with van der Waals surface area (Å²) in [7, 11) is 0. The molecule has 7 heteroatoms. The Morgan fingerprint density at radius 3 is 2.50 bits per heavy atom. The van der Waals surface area contributed by atoms with Gasteiger partial charge in [0.15, 0.2) is 0 Å². The van der Waals surface area contributed by atoms with E-state index in [2.05, 4.69) is 10.3 Å². The molecule has 132 valence electrons. The number of aliphatic carboxylic acids is 1. The van der Waals surface area contributed by atoms with Crippen LogP contribution in [0, 0.1) is 5.82 Å². The highest BCUT2D eigenvalue weighted by atomic mass is 32.1. The number of nitrogens with zero attached hydrogens (tertiary/aromatic N) is 1. The number of carboxylic acids is 1. The number of amides is 1. The third-order valence-electron chi connectivity index (χ3n) is 3.72. The fraction of sp³-hybridized carbons (Fsp3) is 0.105. The summed E-state index contributed by atoms with van der Waals surface area (Å²) in [5.41, 5.74) is 1.18. The van der Waals surface area contributed by atoms with Crippen molar-refractivity contribution in [3.8, 4) is 10.6 Å². The molecule has 2 N–H and O–H groups in total. The Bertz CT molecular complexity index is 927. The Morgan fingerprint density at radius 1 is 1.12 bits per heavy atom. The van der Waals surface area contributed by atoms with Crippen molar-refractivity contribution < 1.29 is 19.1 Å². The quantitative estimate of drug-likeness (QED) is 0.690. The fourth-order valence-corrected chi connectivity index (χ4v) is 3.30. The third-order valence-corrected chi connectivity index (χ3v) is 4.61. The largest absolute Gasteiger partial charge is 0.481 e. The Balaban J connectivity index is 1.81. The lowest BCUT2D eigenvalue weighted by Gasteiger charge is -2.17. The zero-order valence-corrected chi connectivity index (χ0v) is 14.4. The molecule has 26 heavy (non-hydrogen) atoms. The number of aromatic nitrogens is 1. The molecule has 3 aromatic rings. The van der Waals surface area contributed by atoms with Crippen LogP contribution in [-0.2, 0) is 4.79 Å². The van der Waals surface area contributed by atoms with Gasteiger partial charge in [-0.15, -0.1) is 11.3 Å². The predicted molar refractivity (Wildman–Crippen MR) is 96.4 cm³/mol. The van der Waals surface area contributed by atoms with Crippen molar-refractivity contribution in [2.24, 2.45) is 0 Å². The molecule has 0 aliphatic carbocycles. The second kappa shape index (κ2) is 7.88. The molecule has 1 atom stereocenters. The first kappa shape index (κ1) is 17.8. The Labute approximate surface area is 153 Å². The maximum atomic E-state index is 14.0. The second-order valence-corrected chi connectivity index (χ2v) is 6.41. The average molecular weight is 370 g/mol. The predicted octanol–water partition coefficient (Wildman–Crippen LogP) is 3.90. The van der Waals surface area contributed by atoms with Crippen molar-refractivity contribution in [3.05, 3.63) is 77.1 Å². The zero-order valence-electron chi connectivity index (χ0n) is 13.6. The summed E-state index contributed by atoms with van der Waals surface area (Å²) in [6.07, 6.45) is -0.428. The van der Waals surface area contributed by atoms with E-state index in [0.717, 1.165) is 5.56 Å². The standard InChI is InChI=1S/C19H15FN2O3S/c20-14-9-5-4-8-13(14)15(10-17(23)24)21-18(25)16-11-26-19(22-16)12-6-2-1-3-7-12/h1-9,11,15H,10H2,(H,21,25)(H,23,24). The second-order valence-electron chi connectivity index (χ2n) is 5.55. The average Bonchev–Trinajstić information content (AvgIpc) is 3.12. The molecule has 1 heterocycles. The lowest BCUT2D eigenvalue weighted by molar-refractivity contribution is -0.137. The summed E-state index contributed by atoms with van der Waals surface area (Å²) >= 11 is 1.31. The third kappa shape index (κ3) is 4.12. The van der Waals surface area contributed by atoms with Crippen LogP contribution in [0.25, 0.3) is 10.6 Å². The van der Waals surface area contributed by atoms with Gasteiger partial charge >= 0.3 is 5.97 Å². The molecule has 0 saturated carbocycles. The van der Waals surface area contributed by atoms with Gasteiger partial charge in [-0.1, -0.05) is 48.5 Å². The van der Waals surface area contributed by atoms with E-state index in [-0.39, 0.29) is 11.3 Å². The zero-order chi connectivity index (χ0) is 18.5. The van der Waals surface area contributed by atoms with Gasteiger partial charge in [0, 0.05) is 16.5 Å². The Kier molecular flexibility index (Phi) is 5.38. The van der Waals surface area contributed by atoms with Crippen LogP contribution in [0.3, 0.4) is 0 Å². The number of thiazole rings is 1. The molecule has 3 rings (SSSR count). The summed E-state index contributed by atoms with van der Waals surface area (Å²) in [5.74, 6) is -2.25. The number of carbonyl (C=O) groups excluding carboxylic acids is 1. The van der Waals surface area contributed by atoms with Crippen LogP contribution in [-0.4, -0.2) is 22.0 Å². The lowest BCUT2D eigenvalue weighted by Crippen LogP contribution is -2.31. The molecule has 1 unspecified atom stereocenters. The lowest BCUT2D eigenvalue weighted by atomic mass is 10.0. The number of halogens is 1. The number of nitrogens with one attached hydrogen (secondary N) is 1. The van der Waals surface area contributed by atoms with Crippen molar-refractivity contribution in [3.63, 3.8) is 0 Å². The molecule has 1 aromatic heterocycles. The van der Waals surface area contributed by atoms with Gasteiger partial charge in [-0.05, 0) is 6.07 Å². The molecule has 0 bridgehead atoms. The van der Waals surface area contributed by atoms with Crippen molar-refractivity contribution in [2.75, 3.05) is 0 Å². The minimum Gasteiger partial charge on any atom is -0.481 e. The smallest absolute Gasteiger partial charge is 0.305 e. The molecular weight excluding hydrogens is 355 g/mol. The first-order valence-electron chi connectivity index (χ1n) is 7.82. The van der Waals surface area contributed by atoms with Gasteiger partial charge in [0.1, 0.15) is 16.5 Å². The van der Waals surface area contributed by atoms with E-state index in [0.29, 0.717) is 5.01 Å². The molecule has 0 spiro atoms. The van der Waals surface area contributed by atoms with Crippen LogP contribution in [0.1, 0.15) is 28.5 Å². The van der Waals surface area contributed by atoms with Gasteiger partial charge in [-0.25, -0.2) is 9.37 Å². The fourth-order valence-electron chi connectivity index (χ4n) is 2.49. The van der Waals surface area contributed by atoms with Crippen LogP contribution in [0.15, 0.2) is 60.0 Å². The first-order chi connectivity index (χ1) is 12.5. The van der Waals surface area contributed by atoms with Crippen LogP contribution in [0.2, 0.25) is 0 Å². The highest BCUT2D eigenvalue weighted by Gasteiger charge is 2.22. The summed E-state index contributed by atoms with van der Waals surface area (Å²) in [6.45, 7) is 0. The minimum absolute atomic E-state index is 0.127. The Hall–Kier alpha value is -3.06. The SMILES string of the molecule is O=C(O)CC(NC(=O)c1csc(-c2ccccc2)n1)c1ccccc1F. The molecule has 0 fully saturated rings. The molecular formula is C19H15FN2O3S. The number of hydrogen-bond acceptors (Lipinski definition) is 4. The molecule has 0 aliphatic heterocycles. The van der Waals surface area contributed by atoms with E-state index in [9.17, 15) is 14.0 Å². The molecule has 0 saturated heterocycles. The highest BCUT2D eigenvalue weighted by molar-refractivity contribution is 7.13. The van der Waals surface area contributed by atoms with Crippen molar-refractivity contribution in [1.82, 2.24) is 10.3 Å². The van der Waals surface area contributed by atoms with E-state index in [1.807, 2.05) is 30.3 Å². The number of hydrogen-bond donors (Lipinski definition) is 2. The number of carboxylic acid groups (broad SMARTS) is 1. The summed E-state index contributed by atoms with van der Waals surface area (Å²) in [4.78, 5) is 27.9. The number of benzene rings is 2. The summed E-state index contributed by atoms with van der Waals surface area (Å²) < 4.78 is 14.0. The van der Waals surface area contributed by atoms with Gasteiger partial charge in [0.05, 0.1) is 12.5 Å². The molecule has 5 nitrogen and oxygen atoms in total. The summed E-state index contributed by atoms with van der Waals surface area (Å²) in [6, 6.07) is 14.2. The van der Waals surface area contributed by atoms with E-state index in [4.69, 9.17) is 5.11 Å². The molecule has 0 radical (unpaired) electrons. The number of carbonyl (C=O) groups is 2. The van der Waals surface area contributed by atoms with Crippen LogP contribution >= 0.6 is 11.3 Å². The number of rotatable bonds is 6. The van der Waals surface area contributed by atoms with Gasteiger partial charge in [0.25, 0.3) is 5.91 Å². The maximum Gasteiger partial charge on any atom is 0.305 e. The van der Waals surface area contributed by atoms with E-state index in [1.165, 1.54) is 29.5 Å². The van der Waals surface area contributed by atoms with E-state index >= 15 is 0 Å². The van der Waals surface area contributed by atoms with Gasteiger partial charge in [-0.2, -0.15) is 0 Å². The normalized spacial score (nSPS) is 11.7. The van der Waals surface area contributed by atoms with Crippen LogP contribution < -0.4 is 5.32 Å². The van der Waals surface area contributed by atoms with Gasteiger partial charge in [-0.3, -0.25) is 9.59 Å². The topological polar surface area (TPSA) is 79.3 Å². The van der Waals surface area contributed by atoms with Crippen molar-refractivity contribution >= 4 is 23.2 Å². The van der Waals surface area contributed by atoms with E-state index < -0.39 is 30.2 Å². The van der Waals surface area contributed by atoms with Gasteiger partial charge < -0.3 is 10.4 Å². The molecule has 2 aromatic carbocycles. The maximum absolute atomic E-state index is 14.0. The minimum atomic E-state index is -1.14. The van der Waals surface area contributed by atoms with Crippen LogP contribution in [0.4, 0.5) is 4.39 Å².